The number of H-pyrrole nitrogens is 1. The predicted molar refractivity (Wildman–Crippen MR) is 72.8 cm³/mol. The van der Waals surface area contributed by atoms with Crippen molar-refractivity contribution in [2.75, 3.05) is 12.4 Å². The summed E-state index contributed by atoms with van der Waals surface area (Å²) in [4.78, 5) is 23.4. The third-order valence-corrected chi connectivity index (χ3v) is 3.08. The van der Waals surface area contributed by atoms with Crippen LogP contribution < -0.4 is 26.9 Å². The van der Waals surface area contributed by atoms with Crippen LogP contribution in [0, 0.1) is 0 Å². The molecular formula is C12H11N5O3. The number of benzene rings is 1. The summed E-state index contributed by atoms with van der Waals surface area (Å²) < 4.78 is 5.24. The number of nitrogens with one attached hydrogen (secondary N) is 3. The fourth-order valence-corrected chi connectivity index (χ4v) is 2.17. The molecule has 8 heteroatoms. The highest BCUT2D eigenvalue weighted by atomic mass is 16.5. The van der Waals surface area contributed by atoms with Crippen LogP contribution in [-0.4, -0.2) is 23.2 Å². The Kier molecular flexibility index (Phi) is 2.65. The summed E-state index contributed by atoms with van der Waals surface area (Å²) in [5, 5.41) is 10.3. The average molecular weight is 273 g/mol. The van der Waals surface area contributed by atoms with Crippen LogP contribution in [0.3, 0.4) is 0 Å². The van der Waals surface area contributed by atoms with Crippen LogP contribution in [0.1, 0.15) is 5.69 Å². The maximum absolute atomic E-state index is 11.8. The molecule has 0 fully saturated rings. The van der Waals surface area contributed by atoms with Gasteiger partial charge in [0, 0.05) is 5.39 Å². The lowest BCUT2D eigenvalue weighted by Gasteiger charge is -2.20. The number of aromatic amines is 1. The number of rotatable bonds is 2. The number of nitrogens with zero attached hydrogens (tertiary/aromatic N) is 1. The summed E-state index contributed by atoms with van der Waals surface area (Å²) >= 11 is 0. The first-order valence-corrected chi connectivity index (χ1v) is 5.74. The molecular weight excluding hydrogens is 262 g/mol. The van der Waals surface area contributed by atoms with Gasteiger partial charge >= 0.3 is 0 Å². The summed E-state index contributed by atoms with van der Waals surface area (Å²) in [5.74, 6) is 5.13. The van der Waals surface area contributed by atoms with Gasteiger partial charge in [0.15, 0.2) is 0 Å². The molecule has 102 valence electrons. The van der Waals surface area contributed by atoms with Crippen molar-refractivity contribution >= 4 is 28.4 Å². The molecule has 0 saturated carbocycles. The van der Waals surface area contributed by atoms with Gasteiger partial charge in [-0.3, -0.25) is 15.0 Å². The second kappa shape index (κ2) is 4.35. The zero-order valence-electron chi connectivity index (χ0n) is 10.5. The molecule has 0 atom stereocenters. The minimum Gasteiger partial charge on any atom is -0.495 e. The van der Waals surface area contributed by atoms with Gasteiger partial charge in [0.2, 0.25) is 0 Å². The lowest BCUT2D eigenvalue weighted by atomic mass is 10.0. The minimum atomic E-state index is -0.497. The summed E-state index contributed by atoms with van der Waals surface area (Å²) in [7, 11) is 1.50. The molecule has 0 spiro atoms. The quantitative estimate of drug-likeness (QED) is 0.338. The summed E-state index contributed by atoms with van der Waals surface area (Å²) in [6, 6.07) is 3.29. The molecule has 0 saturated heterocycles. The number of carbonyl (C=O) groups excluding carboxylic acids is 1. The van der Waals surface area contributed by atoms with Crippen LogP contribution in [0.25, 0.3) is 16.8 Å². The molecule has 0 aliphatic carbocycles. The molecule has 1 aliphatic rings. The first-order chi connectivity index (χ1) is 9.65. The van der Waals surface area contributed by atoms with Crippen LogP contribution in [0.15, 0.2) is 22.6 Å². The molecule has 0 radical (unpaired) electrons. The molecule has 8 nitrogen and oxygen atoms in total. The van der Waals surface area contributed by atoms with Crippen molar-refractivity contribution in [1.82, 2.24) is 15.6 Å². The van der Waals surface area contributed by atoms with Crippen LogP contribution in [0.5, 0.6) is 5.75 Å². The summed E-state index contributed by atoms with van der Waals surface area (Å²) in [6.45, 7) is 0. The Bertz CT molecular complexity index is 809. The van der Waals surface area contributed by atoms with Crippen molar-refractivity contribution in [2.45, 2.75) is 0 Å². The van der Waals surface area contributed by atoms with Crippen LogP contribution in [0.4, 0.5) is 5.69 Å². The van der Waals surface area contributed by atoms with Crippen molar-refractivity contribution in [3.8, 4) is 5.75 Å². The lowest BCUT2D eigenvalue weighted by molar-refractivity contribution is -0.117. The number of anilines is 1. The number of hydrogen-bond acceptors (Lipinski definition) is 6. The summed E-state index contributed by atoms with van der Waals surface area (Å²) in [5.41, 5.74) is 2.92. The highest BCUT2D eigenvalue weighted by Gasteiger charge is 2.22. The topological polar surface area (TPSA) is 122 Å². The van der Waals surface area contributed by atoms with Gasteiger partial charge in [-0.15, -0.1) is 0 Å². The molecule has 3 rings (SSSR count). The SMILES string of the molecule is COc1ccc2c(=O)[nH]nc3c2c1NC(C(=O)NN)=C3. The number of ether oxygens (including phenoxy) is 1. The number of hydrogen-bond donors (Lipinski definition) is 4. The highest BCUT2D eigenvalue weighted by molar-refractivity contribution is 6.11. The Morgan fingerprint density at radius 3 is 2.95 bits per heavy atom. The van der Waals surface area contributed by atoms with E-state index >= 15 is 0 Å². The van der Waals surface area contributed by atoms with Crippen molar-refractivity contribution in [1.29, 1.82) is 0 Å². The van der Waals surface area contributed by atoms with E-state index in [1.165, 1.54) is 13.2 Å². The molecule has 20 heavy (non-hydrogen) atoms. The lowest BCUT2D eigenvalue weighted by Crippen LogP contribution is -2.34. The van der Waals surface area contributed by atoms with Crippen molar-refractivity contribution in [3.63, 3.8) is 0 Å². The van der Waals surface area contributed by atoms with E-state index in [9.17, 15) is 9.59 Å². The number of amides is 1. The Balaban J connectivity index is 2.36. The standard InChI is InChI=1S/C12H11N5O3/c1-20-8-3-2-5-9-6(16-17-11(5)18)4-7(12(19)15-13)14-10(8)9/h2-4,14H,13H2,1H3,(H,15,19)(H,17,18). The van der Waals surface area contributed by atoms with Crippen LogP contribution in [0.2, 0.25) is 0 Å². The molecule has 1 amide bonds. The normalized spacial score (nSPS) is 12.6. The molecule has 1 aromatic carbocycles. The third-order valence-electron chi connectivity index (χ3n) is 3.08. The zero-order valence-corrected chi connectivity index (χ0v) is 10.5. The zero-order chi connectivity index (χ0) is 14.3. The average Bonchev–Trinajstić information content (AvgIpc) is 2.49. The van der Waals surface area contributed by atoms with Gasteiger partial charge in [0.25, 0.3) is 11.5 Å². The molecule has 5 N–H and O–H groups in total. The van der Waals surface area contributed by atoms with E-state index in [4.69, 9.17) is 10.6 Å². The van der Waals surface area contributed by atoms with Gasteiger partial charge in [-0.1, -0.05) is 0 Å². The van der Waals surface area contributed by atoms with E-state index < -0.39 is 5.91 Å². The number of methoxy groups -OCH3 is 1. The van der Waals surface area contributed by atoms with E-state index in [2.05, 4.69) is 15.5 Å². The maximum Gasteiger partial charge on any atom is 0.281 e. The Morgan fingerprint density at radius 2 is 2.25 bits per heavy atom. The first-order valence-electron chi connectivity index (χ1n) is 5.74. The smallest absolute Gasteiger partial charge is 0.281 e. The Hall–Kier alpha value is -2.87. The van der Waals surface area contributed by atoms with E-state index in [-0.39, 0.29) is 11.3 Å². The van der Waals surface area contributed by atoms with Gasteiger partial charge in [-0.25, -0.2) is 10.9 Å². The van der Waals surface area contributed by atoms with Crippen molar-refractivity contribution < 1.29 is 9.53 Å². The fraction of sp³-hybridized carbons (Fsp3) is 0.0833. The van der Waals surface area contributed by atoms with E-state index in [1.54, 1.807) is 12.1 Å². The van der Waals surface area contributed by atoms with Gasteiger partial charge in [0.05, 0.1) is 23.9 Å². The van der Waals surface area contributed by atoms with E-state index in [1.807, 2.05) is 5.43 Å². The number of nitrogens with two attached hydrogens (primary N) is 1. The highest BCUT2D eigenvalue weighted by Crippen LogP contribution is 2.37. The van der Waals surface area contributed by atoms with Gasteiger partial charge < -0.3 is 10.1 Å². The fourth-order valence-electron chi connectivity index (χ4n) is 2.17. The largest absolute Gasteiger partial charge is 0.495 e. The van der Waals surface area contributed by atoms with Crippen LogP contribution in [-0.2, 0) is 4.79 Å². The molecule has 0 bridgehead atoms. The van der Waals surface area contributed by atoms with Crippen LogP contribution >= 0.6 is 0 Å². The molecule has 2 heterocycles. The minimum absolute atomic E-state index is 0.213. The second-order valence-corrected chi connectivity index (χ2v) is 4.16. The molecule has 0 unspecified atom stereocenters. The van der Waals surface area contributed by atoms with E-state index in [0.717, 1.165) is 0 Å². The molecule has 1 aromatic heterocycles. The number of aromatic nitrogens is 2. The monoisotopic (exact) mass is 273 g/mol. The predicted octanol–water partition coefficient (Wildman–Crippen LogP) is -0.312. The van der Waals surface area contributed by atoms with Crippen molar-refractivity contribution in [3.05, 3.63) is 33.9 Å². The number of carbonyl (C=O) groups is 1. The maximum atomic E-state index is 11.8. The molecule has 2 aromatic rings. The molecule has 1 aliphatic heterocycles. The van der Waals surface area contributed by atoms with Gasteiger partial charge in [-0.05, 0) is 18.2 Å². The first kappa shape index (κ1) is 12.2. The second-order valence-electron chi connectivity index (χ2n) is 4.16. The Morgan fingerprint density at radius 1 is 1.45 bits per heavy atom. The van der Waals surface area contributed by atoms with Gasteiger partial charge in [-0.2, -0.15) is 5.10 Å². The van der Waals surface area contributed by atoms with Crippen molar-refractivity contribution in [2.24, 2.45) is 5.84 Å². The number of hydrazine groups is 1. The summed E-state index contributed by atoms with van der Waals surface area (Å²) in [6.07, 6.45) is 1.51. The third kappa shape index (κ3) is 1.62. The van der Waals surface area contributed by atoms with Gasteiger partial charge in [0.1, 0.15) is 11.4 Å². The van der Waals surface area contributed by atoms with E-state index in [0.29, 0.717) is 27.9 Å². The Labute approximate surface area is 112 Å².